The summed E-state index contributed by atoms with van der Waals surface area (Å²) < 4.78 is 100. The number of hydrogen-bond donors (Lipinski definition) is 0. The highest BCUT2D eigenvalue weighted by Gasteiger charge is 2.41. The number of nitrogens with zero attached hydrogens (tertiary/aromatic N) is 1. The van der Waals surface area contributed by atoms with Crippen LogP contribution >= 0.6 is 22.3 Å². The third-order valence-corrected chi connectivity index (χ3v) is 3.67. The summed E-state index contributed by atoms with van der Waals surface area (Å²) in [5.74, 6) is -2.48. The van der Waals surface area contributed by atoms with Crippen LogP contribution in [-0.4, -0.2) is 19.8 Å². The van der Waals surface area contributed by atoms with Crippen molar-refractivity contribution in [3.05, 3.63) is 17.3 Å². The first kappa shape index (κ1) is 18.1. The molecule has 0 atom stereocenters. The van der Waals surface area contributed by atoms with Gasteiger partial charge in [0.15, 0.2) is 0 Å². The monoisotopic (exact) mass is 377 g/mol. The van der Waals surface area contributed by atoms with Crippen LogP contribution in [0.5, 0.6) is 5.88 Å². The van der Waals surface area contributed by atoms with E-state index in [9.17, 15) is 34.8 Å². The predicted molar refractivity (Wildman–Crippen MR) is 58.5 cm³/mol. The molecule has 0 aliphatic heterocycles. The summed E-state index contributed by atoms with van der Waals surface area (Å²) in [6.45, 7) is 0. The Kier molecular flexibility index (Phi) is 4.91. The molecule has 0 N–H and O–H groups in total. The third kappa shape index (κ3) is 4.51. The summed E-state index contributed by atoms with van der Waals surface area (Å²) in [4.78, 5) is 1.18. The number of alkyl halides is 7. The van der Waals surface area contributed by atoms with E-state index in [4.69, 9.17) is 22.3 Å². The fourth-order valence-electron chi connectivity index (χ4n) is 1.32. The summed E-state index contributed by atoms with van der Waals surface area (Å²) in [6, 6.07) is 0. The Morgan fingerprint density at radius 1 is 1.19 bits per heavy atom. The average molecular weight is 378 g/mol. The van der Waals surface area contributed by atoms with Crippen LogP contribution in [0, 0.1) is 0 Å². The maximum atomic E-state index is 12.7. The number of ether oxygens (including phenoxy) is 1. The number of halogens is 8. The van der Waals surface area contributed by atoms with Gasteiger partial charge in [-0.15, -0.1) is 24.8 Å². The second-order valence-electron chi connectivity index (χ2n) is 3.40. The van der Waals surface area contributed by atoms with Crippen molar-refractivity contribution < 1.29 is 39.5 Å². The molecule has 0 aromatic carbocycles. The quantitative estimate of drug-likeness (QED) is 0.458. The Balaban J connectivity index is 3.71. The van der Waals surface area contributed by atoms with Crippen molar-refractivity contribution in [3.8, 4) is 5.88 Å². The molecular formula is C8H3Cl2F6NO3S. The Labute approximate surface area is 123 Å². The van der Waals surface area contributed by atoms with E-state index in [0.29, 0.717) is 0 Å². The maximum absolute atomic E-state index is 12.7. The highest BCUT2D eigenvalue weighted by atomic mass is 35.7. The predicted octanol–water partition coefficient (Wildman–Crippen LogP) is 3.67. The Hall–Kier alpha value is -0.940. The lowest BCUT2D eigenvalue weighted by atomic mass is 10.2. The van der Waals surface area contributed by atoms with Gasteiger partial charge >= 0.3 is 12.5 Å². The standard InChI is InChI=1S/C8H3Cl2F6NO3S/c9-1-3-5(21(10,18)19)4(7(11,12)13)2-17-6(3)20-8(14,15)16/h2H,1H2. The van der Waals surface area contributed by atoms with Crippen LogP contribution in [0.4, 0.5) is 26.3 Å². The van der Waals surface area contributed by atoms with Gasteiger partial charge in [-0.25, -0.2) is 13.4 Å². The van der Waals surface area contributed by atoms with Gasteiger partial charge in [-0.3, -0.25) is 0 Å². The lowest BCUT2D eigenvalue weighted by Crippen LogP contribution is -2.21. The van der Waals surface area contributed by atoms with Gasteiger partial charge in [0.25, 0.3) is 9.05 Å². The second kappa shape index (κ2) is 5.69. The van der Waals surface area contributed by atoms with Gasteiger partial charge in [0.2, 0.25) is 5.88 Å². The van der Waals surface area contributed by atoms with E-state index >= 15 is 0 Å². The molecule has 0 saturated carbocycles. The first-order chi connectivity index (χ1) is 9.27. The Morgan fingerprint density at radius 2 is 1.71 bits per heavy atom. The zero-order valence-electron chi connectivity index (χ0n) is 9.39. The normalized spacial score (nSPS) is 13.3. The highest BCUT2D eigenvalue weighted by molar-refractivity contribution is 8.13. The molecule has 4 nitrogen and oxygen atoms in total. The minimum atomic E-state index is -5.30. The second-order valence-corrected chi connectivity index (χ2v) is 6.17. The highest BCUT2D eigenvalue weighted by Crippen LogP contribution is 2.40. The van der Waals surface area contributed by atoms with Crippen LogP contribution in [0.25, 0.3) is 0 Å². The molecule has 0 bridgehead atoms. The molecule has 0 spiro atoms. The number of rotatable bonds is 3. The van der Waals surface area contributed by atoms with E-state index in [1.54, 1.807) is 0 Å². The van der Waals surface area contributed by atoms with Gasteiger partial charge in [-0.2, -0.15) is 13.2 Å². The van der Waals surface area contributed by atoms with E-state index in [2.05, 4.69) is 9.72 Å². The number of pyridine rings is 1. The van der Waals surface area contributed by atoms with E-state index in [0.717, 1.165) is 0 Å². The topological polar surface area (TPSA) is 56.3 Å². The lowest BCUT2D eigenvalue weighted by molar-refractivity contribution is -0.276. The van der Waals surface area contributed by atoms with Crippen LogP contribution in [-0.2, 0) is 21.1 Å². The van der Waals surface area contributed by atoms with Crippen LogP contribution < -0.4 is 4.74 Å². The molecule has 0 amide bonds. The summed E-state index contributed by atoms with van der Waals surface area (Å²) in [7, 11) is -0.211. The Morgan fingerprint density at radius 3 is 2.05 bits per heavy atom. The van der Waals surface area contributed by atoms with Crippen LogP contribution in [0.1, 0.15) is 11.1 Å². The van der Waals surface area contributed by atoms with Crippen molar-refractivity contribution >= 4 is 31.3 Å². The van der Waals surface area contributed by atoms with Crippen molar-refractivity contribution in [1.82, 2.24) is 4.98 Å². The zero-order valence-corrected chi connectivity index (χ0v) is 11.7. The third-order valence-electron chi connectivity index (χ3n) is 1.98. The molecule has 0 aliphatic rings. The molecule has 120 valence electrons. The fraction of sp³-hybridized carbons (Fsp3) is 0.375. The number of aromatic nitrogens is 1. The van der Waals surface area contributed by atoms with E-state index in [-0.39, 0.29) is 6.20 Å². The molecule has 1 aromatic rings. The van der Waals surface area contributed by atoms with Crippen molar-refractivity contribution in [2.24, 2.45) is 0 Å². The van der Waals surface area contributed by atoms with Gasteiger partial charge in [-0.1, -0.05) is 0 Å². The van der Waals surface area contributed by atoms with E-state index in [1.807, 2.05) is 0 Å². The molecule has 21 heavy (non-hydrogen) atoms. The van der Waals surface area contributed by atoms with Gasteiger partial charge in [0.05, 0.1) is 11.4 Å². The molecule has 13 heteroatoms. The van der Waals surface area contributed by atoms with Gasteiger partial charge in [0.1, 0.15) is 4.90 Å². The largest absolute Gasteiger partial charge is 0.574 e. The molecule has 0 radical (unpaired) electrons. The minimum Gasteiger partial charge on any atom is -0.387 e. The maximum Gasteiger partial charge on any atom is 0.574 e. The average Bonchev–Trinajstić information content (AvgIpc) is 2.23. The van der Waals surface area contributed by atoms with Crippen LogP contribution in [0.2, 0.25) is 0 Å². The molecule has 1 heterocycles. The summed E-state index contributed by atoms with van der Waals surface area (Å²) in [5, 5.41) is 0. The lowest BCUT2D eigenvalue weighted by Gasteiger charge is -2.17. The summed E-state index contributed by atoms with van der Waals surface area (Å²) in [6.07, 6.45) is -10.7. The van der Waals surface area contributed by atoms with Gasteiger partial charge < -0.3 is 4.74 Å². The summed E-state index contributed by atoms with van der Waals surface area (Å²) in [5.41, 5.74) is -2.98. The van der Waals surface area contributed by atoms with E-state index < -0.39 is 49.4 Å². The molecular weight excluding hydrogens is 375 g/mol. The van der Waals surface area contributed by atoms with Crippen molar-refractivity contribution in [1.29, 1.82) is 0 Å². The van der Waals surface area contributed by atoms with Crippen molar-refractivity contribution in [2.75, 3.05) is 0 Å². The van der Waals surface area contributed by atoms with Crippen LogP contribution in [0.15, 0.2) is 11.1 Å². The first-order valence-corrected chi connectivity index (χ1v) is 7.47. The molecule has 1 rings (SSSR count). The zero-order chi connectivity index (χ0) is 16.6. The van der Waals surface area contributed by atoms with Crippen molar-refractivity contribution in [2.45, 2.75) is 23.3 Å². The smallest absolute Gasteiger partial charge is 0.387 e. The van der Waals surface area contributed by atoms with E-state index in [1.165, 1.54) is 0 Å². The molecule has 0 fully saturated rings. The van der Waals surface area contributed by atoms with Gasteiger partial charge in [0, 0.05) is 22.4 Å². The molecule has 0 aliphatic carbocycles. The molecule has 0 unspecified atom stereocenters. The fourth-order valence-corrected chi connectivity index (χ4v) is 3.06. The molecule has 0 saturated heterocycles. The van der Waals surface area contributed by atoms with Crippen LogP contribution in [0.3, 0.4) is 0 Å². The summed E-state index contributed by atoms with van der Waals surface area (Å²) >= 11 is 5.22. The van der Waals surface area contributed by atoms with Gasteiger partial charge in [-0.05, 0) is 0 Å². The van der Waals surface area contributed by atoms with Crippen molar-refractivity contribution in [3.63, 3.8) is 0 Å². The minimum absolute atomic E-state index is 0.133. The first-order valence-electron chi connectivity index (χ1n) is 4.63. The Bertz CT molecular complexity index is 643. The molecule has 1 aromatic heterocycles. The SMILES string of the molecule is O=S(=O)(Cl)c1c(C(F)(F)F)cnc(OC(F)(F)F)c1CCl. The number of hydrogen-bond acceptors (Lipinski definition) is 4.